The van der Waals surface area contributed by atoms with Crippen LogP contribution in [-0.4, -0.2) is 65.9 Å². The summed E-state index contributed by atoms with van der Waals surface area (Å²) >= 11 is 0. The van der Waals surface area contributed by atoms with Crippen molar-refractivity contribution in [3.8, 4) is 0 Å². The Bertz CT molecular complexity index is 586. The van der Waals surface area contributed by atoms with Crippen LogP contribution < -0.4 is 0 Å². The van der Waals surface area contributed by atoms with Gasteiger partial charge in [0.15, 0.2) is 0 Å². The van der Waals surface area contributed by atoms with E-state index in [9.17, 15) is 22.5 Å². The summed E-state index contributed by atoms with van der Waals surface area (Å²) in [4.78, 5) is 5.35. The topological polar surface area (TPSA) is 29.7 Å². The standard InChI is InChI=1S/C12H18N3OS.BF4/c1-13(2)12(14(3)4)17-9-15(16)10-7-5-6-8-11(10)17;2-1(3,4)5/h5-9,16H,1-4H3;/q+1;-1. The zero-order valence-corrected chi connectivity index (χ0v) is 13.5. The van der Waals surface area contributed by atoms with Crippen molar-refractivity contribution >= 4 is 34.1 Å². The van der Waals surface area contributed by atoms with Gasteiger partial charge in [0, 0.05) is 10.8 Å². The van der Waals surface area contributed by atoms with Crippen molar-refractivity contribution in [2.45, 2.75) is 4.90 Å². The van der Waals surface area contributed by atoms with Gasteiger partial charge in [0.2, 0.25) is 0 Å². The molecule has 1 aliphatic heterocycles. The monoisotopic (exact) mass is 339 g/mol. The first-order valence-corrected chi connectivity index (χ1v) is 7.55. The fraction of sp³-hybridized carbons (Fsp3) is 0.333. The summed E-state index contributed by atoms with van der Waals surface area (Å²) in [7, 11) is 1.90. The summed E-state index contributed by atoms with van der Waals surface area (Å²) in [6.45, 7) is 0. The second-order valence-electron chi connectivity index (χ2n) is 4.82. The van der Waals surface area contributed by atoms with Gasteiger partial charge in [-0.05, 0) is 44.7 Å². The van der Waals surface area contributed by atoms with E-state index in [1.165, 1.54) is 9.85 Å². The van der Waals surface area contributed by atoms with Crippen LogP contribution in [0.3, 0.4) is 0 Å². The molecule has 4 nitrogen and oxygen atoms in total. The van der Waals surface area contributed by atoms with Gasteiger partial charge in [-0.25, -0.2) is 0 Å². The molecular weight excluding hydrogens is 321 g/mol. The fourth-order valence-corrected chi connectivity index (χ4v) is 4.10. The van der Waals surface area contributed by atoms with Gasteiger partial charge in [-0.3, -0.25) is 15.0 Å². The maximum Gasteiger partial charge on any atom is 0.673 e. The minimum absolute atomic E-state index is 0.211. The smallest absolute Gasteiger partial charge is 0.418 e. The molecule has 1 aliphatic rings. The number of fused-ring (bicyclic) bond motifs is 1. The molecule has 0 fully saturated rings. The molecule has 0 aromatic heterocycles. The number of nitrogens with zero attached hydrogens (tertiary/aromatic N) is 3. The first-order valence-electron chi connectivity index (χ1n) is 6.26. The predicted molar refractivity (Wildman–Crippen MR) is 82.6 cm³/mol. The average molecular weight is 339 g/mol. The number of halogens is 4. The Morgan fingerprint density at radius 1 is 1.05 bits per heavy atom. The molecule has 0 radical (unpaired) electrons. The molecule has 22 heavy (non-hydrogen) atoms. The third-order valence-electron chi connectivity index (χ3n) is 2.52. The average Bonchev–Trinajstić information content (AvgIpc) is 2.65. The lowest BCUT2D eigenvalue weighted by Gasteiger charge is -2.22. The van der Waals surface area contributed by atoms with E-state index in [1.54, 1.807) is 0 Å². The van der Waals surface area contributed by atoms with Crippen LogP contribution in [0.25, 0.3) is 0 Å². The van der Waals surface area contributed by atoms with E-state index in [0.717, 1.165) is 10.6 Å². The summed E-state index contributed by atoms with van der Waals surface area (Å²) < 4.78 is 40.2. The lowest BCUT2D eigenvalue weighted by molar-refractivity contribution is -0.708. The van der Waals surface area contributed by atoms with Gasteiger partial charge in [-0.1, -0.05) is 12.1 Å². The van der Waals surface area contributed by atoms with Crippen molar-refractivity contribution in [3.63, 3.8) is 0 Å². The number of hydrogen-bond acceptors (Lipinski definition) is 1. The normalized spacial score (nSPS) is 17.0. The maximum absolute atomic E-state index is 9.90. The number of hydrogen-bond donors (Lipinski definition) is 1. The van der Waals surface area contributed by atoms with Crippen LogP contribution in [0.1, 0.15) is 0 Å². The summed E-state index contributed by atoms with van der Waals surface area (Å²) in [6.07, 6.45) is 0. The lowest BCUT2D eigenvalue weighted by atomic mass is 10.3. The Labute approximate surface area is 129 Å². The predicted octanol–water partition coefficient (Wildman–Crippen LogP) is 2.90. The number of para-hydroxylation sites is 1. The summed E-state index contributed by atoms with van der Waals surface area (Å²) in [5.41, 5.74) is 2.73. The minimum Gasteiger partial charge on any atom is -0.418 e. The van der Waals surface area contributed by atoms with Gasteiger partial charge in [0.25, 0.3) is 11.2 Å². The quantitative estimate of drug-likeness (QED) is 0.259. The van der Waals surface area contributed by atoms with E-state index in [1.807, 2.05) is 51.9 Å². The highest BCUT2D eigenvalue weighted by molar-refractivity contribution is 8.27. The van der Waals surface area contributed by atoms with Gasteiger partial charge in [-0.15, -0.1) is 0 Å². The SMILES string of the molecule is CN(C)C(N(C)C)=S1C=[N+](O)c2ccccc21.F[B-](F)(F)F. The third kappa shape index (κ3) is 5.11. The van der Waals surface area contributed by atoms with Gasteiger partial charge in [-0.2, -0.15) is 0 Å². The second-order valence-corrected chi connectivity index (χ2v) is 6.51. The summed E-state index contributed by atoms with van der Waals surface area (Å²) in [5.74, 6) is 0. The Balaban J connectivity index is 0.000000422. The van der Waals surface area contributed by atoms with Crippen molar-refractivity contribution in [2.24, 2.45) is 0 Å². The highest BCUT2D eigenvalue weighted by Gasteiger charge is 2.29. The zero-order valence-electron chi connectivity index (χ0n) is 12.7. The van der Waals surface area contributed by atoms with E-state index in [0.29, 0.717) is 0 Å². The van der Waals surface area contributed by atoms with E-state index in [4.69, 9.17) is 0 Å². The molecule has 124 valence electrons. The Hall–Kier alpha value is -1.39. The van der Waals surface area contributed by atoms with Crippen molar-refractivity contribution in [1.82, 2.24) is 9.80 Å². The molecule has 1 atom stereocenters. The summed E-state index contributed by atoms with van der Waals surface area (Å²) in [6, 6.07) is 7.95. The van der Waals surface area contributed by atoms with E-state index >= 15 is 0 Å². The van der Waals surface area contributed by atoms with Gasteiger partial charge < -0.3 is 17.3 Å². The Kier molecular flexibility index (Phi) is 6.15. The molecular formula is C12H18BF4N3OS. The number of benzene rings is 1. The fourth-order valence-electron chi connectivity index (χ4n) is 1.98. The van der Waals surface area contributed by atoms with Crippen molar-refractivity contribution < 1.29 is 27.2 Å². The molecule has 1 heterocycles. The van der Waals surface area contributed by atoms with Crippen LogP contribution >= 0.6 is 10.5 Å². The Morgan fingerprint density at radius 2 is 1.50 bits per heavy atom. The molecule has 0 bridgehead atoms. The molecule has 0 amide bonds. The molecule has 1 aromatic rings. The first kappa shape index (κ1) is 18.7. The van der Waals surface area contributed by atoms with E-state index in [-0.39, 0.29) is 10.5 Å². The largest absolute Gasteiger partial charge is 0.673 e. The Morgan fingerprint density at radius 3 is 1.95 bits per heavy atom. The first-order chi connectivity index (χ1) is 10.0. The van der Waals surface area contributed by atoms with Crippen LogP contribution in [0.15, 0.2) is 29.2 Å². The van der Waals surface area contributed by atoms with Crippen LogP contribution in [0, 0.1) is 0 Å². The van der Waals surface area contributed by atoms with Gasteiger partial charge in [0.1, 0.15) is 5.11 Å². The molecule has 1 N–H and O–H groups in total. The van der Waals surface area contributed by atoms with Crippen molar-refractivity contribution in [1.29, 1.82) is 0 Å². The molecule has 0 aliphatic carbocycles. The molecule has 0 spiro atoms. The molecule has 0 saturated heterocycles. The lowest BCUT2D eigenvalue weighted by Crippen LogP contribution is -2.35. The molecule has 1 unspecified atom stereocenters. The highest BCUT2D eigenvalue weighted by atomic mass is 32.2. The van der Waals surface area contributed by atoms with Crippen LogP contribution in [0.4, 0.5) is 23.0 Å². The molecule has 10 heteroatoms. The third-order valence-corrected chi connectivity index (χ3v) is 4.87. The molecule has 0 saturated carbocycles. The van der Waals surface area contributed by atoms with Crippen LogP contribution in [0.5, 0.6) is 0 Å². The van der Waals surface area contributed by atoms with Crippen molar-refractivity contribution in [2.75, 3.05) is 28.2 Å². The minimum atomic E-state index is -6.00. The number of rotatable bonds is 0. The van der Waals surface area contributed by atoms with Gasteiger partial charge >= 0.3 is 7.25 Å². The van der Waals surface area contributed by atoms with Crippen molar-refractivity contribution in [3.05, 3.63) is 24.3 Å². The highest BCUT2D eigenvalue weighted by Crippen LogP contribution is 2.39. The van der Waals surface area contributed by atoms with Crippen LogP contribution in [-0.2, 0) is 0 Å². The van der Waals surface area contributed by atoms with E-state index in [2.05, 4.69) is 15.9 Å². The van der Waals surface area contributed by atoms with E-state index < -0.39 is 7.25 Å². The van der Waals surface area contributed by atoms with Gasteiger partial charge in [0.05, 0.1) is 4.90 Å². The second kappa shape index (κ2) is 7.25. The molecule has 2 rings (SSSR count). The van der Waals surface area contributed by atoms with Crippen LogP contribution in [0.2, 0.25) is 0 Å². The molecule has 1 aromatic carbocycles. The zero-order chi connectivity index (χ0) is 17.1. The maximum atomic E-state index is 9.90. The summed E-state index contributed by atoms with van der Waals surface area (Å²) in [5, 5.41) is 11.1.